The fraction of sp³-hybridized carbons (Fsp3) is 0.276. The van der Waals surface area contributed by atoms with Crippen LogP contribution in [0.3, 0.4) is 0 Å². The number of nitrogens with zero attached hydrogens (tertiary/aromatic N) is 3. The van der Waals surface area contributed by atoms with Crippen molar-refractivity contribution in [2.45, 2.75) is 25.0 Å². The van der Waals surface area contributed by atoms with E-state index in [0.29, 0.717) is 5.69 Å². The summed E-state index contributed by atoms with van der Waals surface area (Å²) in [6, 6.07) is 23.9. The second-order valence-electron chi connectivity index (χ2n) is 9.18. The Kier molecular flexibility index (Phi) is 7.09. The summed E-state index contributed by atoms with van der Waals surface area (Å²) in [5.41, 5.74) is 9.99. The number of rotatable bonds is 8. The van der Waals surface area contributed by atoms with E-state index in [1.165, 1.54) is 11.1 Å². The Morgan fingerprint density at radius 1 is 0.917 bits per heavy atom. The summed E-state index contributed by atoms with van der Waals surface area (Å²) in [6.45, 7) is 2.64. The van der Waals surface area contributed by atoms with Crippen molar-refractivity contribution in [2.24, 2.45) is 0 Å². The van der Waals surface area contributed by atoms with Gasteiger partial charge in [0.25, 0.3) is 0 Å². The van der Waals surface area contributed by atoms with Gasteiger partial charge in [-0.25, -0.2) is 4.68 Å². The number of piperidine rings is 1. The molecule has 0 radical (unpaired) electrons. The van der Waals surface area contributed by atoms with Gasteiger partial charge in [-0.1, -0.05) is 36.4 Å². The first-order chi connectivity index (χ1) is 17.6. The average Bonchev–Trinajstić information content (AvgIpc) is 3.39. The molecule has 36 heavy (non-hydrogen) atoms. The molecular weight excluding hydrogens is 452 g/mol. The van der Waals surface area contributed by atoms with Crippen molar-refractivity contribution in [2.75, 3.05) is 33.0 Å². The molecule has 3 aromatic carbocycles. The minimum Gasteiger partial charge on any atom is -0.497 e. The number of anilines is 1. The number of nitrogens with two attached hydrogens (primary N) is 1. The van der Waals surface area contributed by atoms with Gasteiger partial charge in [0.15, 0.2) is 0 Å². The molecule has 2 heterocycles. The van der Waals surface area contributed by atoms with E-state index in [1.807, 2.05) is 53.3 Å². The molecule has 2 N–H and O–H groups in total. The third-order valence-electron chi connectivity index (χ3n) is 6.60. The molecule has 5 rings (SSSR count). The Balaban J connectivity index is 1.40. The lowest BCUT2D eigenvalue weighted by molar-refractivity contribution is 0.0717. The molecule has 0 saturated carbocycles. The molecule has 1 aliphatic heterocycles. The third kappa shape index (κ3) is 5.47. The number of methoxy groups -OCH3 is 2. The summed E-state index contributed by atoms with van der Waals surface area (Å²) in [5, 5.41) is 4.68. The van der Waals surface area contributed by atoms with E-state index in [-0.39, 0.29) is 12.0 Å². The van der Waals surface area contributed by atoms with Gasteiger partial charge in [0, 0.05) is 49.6 Å². The molecular formula is C29H32N4O3. The topological polar surface area (TPSA) is 74.8 Å². The van der Waals surface area contributed by atoms with Gasteiger partial charge in [-0.3, -0.25) is 4.90 Å². The van der Waals surface area contributed by atoms with Crippen LogP contribution >= 0.6 is 0 Å². The summed E-state index contributed by atoms with van der Waals surface area (Å²) in [7, 11) is 3.32. The fourth-order valence-corrected chi connectivity index (χ4v) is 4.87. The van der Waals surface area contributed by atoms with Crippen molar-refractivity contribution in [3.63, 3.8) is 0 Å². The zero-order chi connectivity index (χ0) is 24.9. The molecule has 1 fully saturated rings. The third-order valence-corrected chi connectivity index (χ3v) is 6.60. The summed E-state index contributed by atoms with van der Waals surface area (Å²) in [4.78, 5) is 2.46. The molecule has 0 bridgehead atoms. The van der Waals surface area contributed by atoms with Crippen LogP contribution in [0.25, 0.3) is 5.69 Å². The molecule has 0 amide bonds. The predicted molar refractivity (Wildman–Crippen MR) is 141 cm³/mol. The van der Waals surface area contributed by atoms with Crippen LogP contribution < -0.4 is 19.9 Å². The Morgan fingerprint density at radius 2 is 1.78 bits per heavy atom. The largest absolute Gasteiger partial charge is 0.497 e. The SMILES string of the molecule is COc1ccc(OC)c(-n2cc(C3CC(Oc4cccc(N)c4)CN(Cc4ccccc4)C3)cn2)c1. The van der Waals surface area contributed by atoms with Crippen LogP contribution in [-0.4, -0.2) is 48.1 Å². The molecule has 0 aliphatic carbocycles. The molecule has 4 aromatic rings. The van der Waals surface area contributed by atoms with E-state index in [2.05, 4.69) is 46.5 Å². The van der Waals surface area contributed by atoms with Crippen molar-refractivity contribution in [3.8, 4) is 22.9 Å². The number of ether oxygens (including phenoxy) is 3. The van der Waals surface area contributed by atoms with Crippen LogP contribution in [-0.2, 0) is 6.54 Å². The molecule has 1 aromatic heterocycles. The maximum Gasteiger partial charge on any atom is 0.144 e. The normalized spacial score (nSPS) is 18.1. The second kappa shape index (κ2) is 10.7. The summed E-state index contributed by atoms with van der Waals surface area (Å²) in [5.74, 6) is 2.56. The van der Waals surface area contributed by atoms with Crippen molar-refractivity contribution < 1.29 is 14.2 Å². The number of aromatic nitrogens is 2. The van der Waals surface area contributed by atoms with E-state index < -0.39 is 0 Å². The van der Waals surface area contributed by atoms with Gasteiger partial charge >= 0.3 is 0 Å². The van der Waals surface area contributed by atoms with E-state index in [4.69, 9.17) is 19.9 Å². The number of nitrogen functional groups attached to an aromatic ring is 1. The van der Waals surface area contributed by atoms with E-state index in [9.17, 15) is 0 Å². The van der Waals surface area contributed by atoms with Gasteiger partial charge in [-0.2, -0.15) is 5.10 Å². The van der Waals surface area contributed by atoms with Crippen LogP contribution in [0.15, 0.2) is 85.2 Å². The number of benzene rings is 3. The average molecular weight is 485 g/mol. The first kappa shape index (κ1) is 23.8. The van der Waals surface area contributed by atoms with Gasteiger partial charge in [0.1, 0.15) is 29.0 Å². The van der Waals surface area contributed by atoms with Gasteiger partial charge < -0.3 is 19.9 Å². The van der Waals surface area contributed by atoms with Crippen molar-refractivity contribution >= 4 is 5.69 Å². The highest BCUT2D eigenvalue weighted by Crippen LogP contribution is 2.33. The molecule has 1 aliphatic rings. The van der Waals surface area contributed by atoms with Crippen molar-refractivity contribution in [1.29, 1.82) is 0 Å². The maximum absolute atomic E-state index is 6.43. The smallest absolute Gasteiger partial charge is 0.144 e. The monoisotopic (exact) mass is 484 g/mol. The van der Waals surface area contributed by atoms with Gasteiger partial charge in [-0.05, 0) is 41.8 Å². The number of hydrogen-bond donors (Lipinski definition) is 1. The summed E-state index contributed by atoms with van der Waals surface area (Å²) >= 11 is 0. The predicted octanol–water partition coefficient (Wildman–Crippen LogP) is 4.91. The Labute approximate surface area is 212 Å². The molecule has 186 valence electrons. The minimum absolute atomic E-state index is 0.0315. The second-order valence-corrected chi connectivity index (χ2v) is 9.18. The first-order valence-electron chi connectivity index (χ1n) is 12.2. The zero-order valence-electron chi connectivity index (χ0n) is 20.7. The van der Waals surface area contributed by atoms with Gasteiger partial charge in [0.2, 0.25) is 0 Å². The van der Waals surface area contributed by atoms with Crippen LogP contribution in [0, 0.1) is 0 Å². The molecule has 2 atom stereocenters. The highest BCUT2D eigenvalue weighted by atomic mass is 16.5. The molecule has 1 saturated heterocycles. The first-order valence-corrected chi connectivity index (χ1v) is 12.2. The summed E-state index contributed by atoms with van der Waals surface area (Å²) < 4.78 is 19.3. The van der Waals surface area contributed by atoms with E-state index in [0.717, 1.165) is 49.0 Å². The zero-order valence-corrected chi connectivity index (χ0v) is 20.7. The lowest BCUT2D eigenvalue weighted by Gasteiger charge is -2.37. The fourth-order valence-electron chi connectivity index (χ4n) is 4.87. The Morgan fingerprint density at radius 3 is 2.56 bits per heavy atom. The lowest BCUT2D eigenvalue weighted by Crippen LogP contribution is -2.44. The van der Waals surface area contributed by atoms with Crippen LogP contribution in [0.4, 0.5) is 5.69 Å². The quantitative estimate of drug-likeness (QED) is 0.358. The van der Waals surface area contributed by atoms with Gasteiger partial charge in [-0.15, -0.1) is 0 Å². The number of hydrogen-bond acceptors (Lipinski definition) is 6. The standard InChI is InChI=1S/C29H32N4O3/c1-34-25-11-12-29(35-2)28(15-25)33-19-23(16-31-33)22-13-27(36-26-10-6-9-24(30)14-26)20-32(18-22)17-21-7-4-3-5-8-21/h3-12,14-16,19,22,27H,13,17-18,20,30H2,1-2H3. The van der Waals surface area contributed by atoms with Crippen LogP contribution in [0.1, 0.15) is 23.5 Å². The molecule has 7 heteroatoms. The van der Waals surface area contributed by atoms with Gasteiger partial charge in [0.05, 0.1) is 20.4 Å². The van der Waals surface area contributed by atoms with E-state index in [1.54, 1.807) is 14.2 Å². The van der Waals surface area contributed by atoms with E-state index >= 15 is 0 Å². The van der Waals surface area contributed by atoms with Crippen LogP contribution in [0.2, 0.25) is 0 Å². The lowest BCUT2D eigenvalue weighted by atomic mass is 9.90. The van der Waals surface area contributed by atoms with Crippen molar-refractivity contribution in [1.82, 2.24) is 14.7 Å². The molecule has 7 nitrogen and oxygen atoms in total. The summed E-state index contributed by atoms with van der Waals surface area (Å²) in [6.07, 6.45) is 4.96. The highest BCUT2D eigenvalue weighted by molar-refractivity contribution is 5.51. The van der Waals surface area contributed by atoms with Crippen LogP contribution in [0.5, 0.6) is 17.2 Å². The molecule has 2 unspecified atom stereocenters. The molecule has 0 spiro atoms. The Hall–Kier alpha value is -3.97. The highest BCUT2D eigenvalue weighted by Gasteiger charge is 2.30. The maximum atomic E-state index is 6.43. The Bertz CT molecular complexity index is 1290. The number of likely N-dealkylation sites (tertiary alicyclic amines) is 1. The van der Waals surface area contributed by atoms with Crippen molar-refractivity contribution in [3.05, 3.63) is 96.3 Å². The minimum atomic E-state index is 0.0315.